The molecular formula is C26H26N2O3. The topological polar surface area (TPSA) is 63.5 Å². The third-order valence-corrected chi connectivity index (χ3v) is 5.43. The van der Waals surface area contributed by atoms with Gasteiger partial charge in [0.05, 0.1) is 7.11 Å². The van der Waals surface area contributed by atoms with E-state index in [0.717, 1.165) is 28.8 Å². The number of nitrogens with one attached hydrogen (secondary N) is 1. The second-order valence-corrected chi connectivity index (χ2v) is 7.53. The number of ether oxygens (including phenoxy) is 1. The summed E-state index contributed by atoms with van der Waals surface area (Å²) in [7, 11) is 1.66. The molecule has 2 N–H and O–H groups in total. The number of hydrogen-bond donors (Lipinski definition) is 2. The summed E-state index contributed by atoms with van der Waals surface area (Å²) in [5.41, 5.74) is 5.04. The number of fused-ring (bicyclic) bond motifs is 1. The number of aromatic nitrogens is 1. The van der Waals surface area contributed by atoms with Crippen LogP contribution >= 0.6 is 0 Å². The zero-order valence-electron chi connectivity index (χ0n) is 17.5. The van der Waals surface area contributed by atoms with Crippen LogP contribution < -0.4 is 10.1 Å². The summed E-state index contributed by atoms with van der Waals surface area (Å²) < 4.78 is 7.41. The van der Waals surface area contributed by atoms with Crippen molar-refractivity contribution < 1.29 is 14.6 Å². The predicted octanol–water partition coefficient (Wildman–Crippen LogP) is 4.16. The fourth-order valence-electron chi connectivity index (χ4n) is 3.77. The molecule has 1 aromatic heterocycles. The third kappa shape index (κ3) is 4.85. The van der Waals surface area contributed by atoms with Crippen LogP contribution in [0.4, 0.5) is 0 Å². The van der Waals surface area contributed by atoms with Gasteiger partial charge in [0.15, 0.2) is 5.78 Å². The average molecular weight is 415 g/mol. The molecule has 0 unspecified atom stereocenters. The van der Waals surface area contributed by atoms with Crippen molar-refractivity contribution in [2.24, 2.45) is 0 Å². The van der Waals surface area contributed by atoms with Crippen molar-refractivity contribution in [3.63, 3.8) is 0 Å². The van der Waals surface area contributed by atoms with Crippen molar-refractivity contribution >= 4 is 16.7 Å². The minimum absolute atomic E-state index is 0.275. The molecule has 3 aromatic carbocycles. The normalized spacial score (nSPS) is 11.0. The van der Waals surface area contributed by atoms with Gasteiger partial charge in [-0.15, -0.1) is 0 Å². The summed E-state index contributed by atoms with van der Waals surface area (Å²) in [5, 5.41) is 13.9. The lowest BCUT2D eigenvalue weighted by atomic mass is 10.1. The van der Waals surface area contributed by atoms with Crippen molar-refractivity contribution in [1.29, 1.82) is 0 Å². The number of rotatable bonds is 9. The SMILES string of the molecule is COc1ccc(Cn2cc(CNCc3ccccc3)c3ccc(C(=O)CO)cc32)cc1. The maximum atomic E-state index is 12.0. The second-order valence-electron chi connectivity index (χ2n) is 7.53. The second kappa shape index (κ2) is 9.60. The summed E-state index contributed by atoms with van der Waals surface area (Å²) >= 11 is 0. The largest absolute Gasteiger partial charge is 0.497 e. The van der Waals surface area contributed by atoms with E-state index in [9.17, 15) is 9.90 Å². The van der Waals surface area contributed by atoms with Gasteiger partial charge in [-0.1, -0.05) is 54.6 Å². The summed E-state index contributed by atoms with van der Waals surface area (Å²) in [5.74, 6) is 0.547. The molecule has 5 heteroatoms. The van der Waals surface area contributed by atoms with Gasteiger partial charge in [-0.3, -0.25) is 4.79 Å². The summed E-state index contributed by atoms with van der Waals surface area (Å²) in [4.78, 5) is 12.0. The van der Waals surface area contributed by atoms with Crippen LogP contribution in [0.5, 0.6) is 5.75 Å². The maximum Gasteiger partial charge on any atom is 0.188 e. The Bertz CT molecular complexity index is 1160. The molecule has 0 saturated heterocycles. The van der Waals surface area contributed by atoms with E-state index in [-0.39, 0.29) is 5.78 Å². The fraction of sp³-hybridized carbons (Fsp3) is 0.192. The summed E-state index contributed by atoms with van der Waals surface area (Å²) in [6.45, 7) is 1.69. The number of Topliss-reactive ketones (excluding diaryl/α,β-unsaturated/α-hetero) is 1. The first-order valence-electron chi connectivity index (χ1n) is 10.3. The quantitative estimate of drug-likeness (QED) is 0.404. The molecule has 0 atom stereocenters. The van der Waals surface area contributed by atoms with Crippen LogP contribution in [0, 0.1) is 0 Å². The number of hydrogen-bond acceptors (Lipinski definition) is 4. The Morgan fingerprint density at radius 1 is 0.968 bits per heavy atom. The zero-order valence-corrected chi connectivity index (χ0v) is 17.5. The van der Waals surface area contributed by atoms with Crippen LogP contribution in [-0.2, 0) is 19.6 Å². The molecule has 0 amide bonds. The van der Waals surface area contributed by atoms with Gasteiger partial charge in [-0.25, -0.2) is 0 Å². The van der Waals surface area contributed by atoms with E-state index in [0.29, 0.717) is 18.7 Å². The van der Waals surface area contributed by atoms with Crippen LogP contribution in [0.2, 0.25) is 0 Å². The first-order valence-corrected chi connectivity index (χ1v) is 10.3. The van der Waals surface area contributed by atoms with Gasteiger partial charge in [0, 0.05) is 42.3 Å². The Morgan fingerprint density at radius 2 is 1.74 bits per heavy atom. The minimum Gasteiger partial charge on any atom is -0.497 e. The Balaban J connectivity index is 1.62. The molecule has 1 heterocycles. The number of ketones is 1. The molecule has 5 nitrogen and oxygen atoms in total. The number of aliphatic hydroxyl groups is 1. The molecule has 0 saturated carbocycles. The summed E-state index contributed by atoms with van der Waals surface area (Å²) in [6, 6.07) is 23.9. The Morgan fingerprint density at radius 3 is 2.45 bits per heavy atom. The fourth-order valence-corrected chi connectivity index (χ4v) is 3.77. The van der Waals surface area contributed by atoms with E-state index in [4.69, 9.17) is 4.74 Å². The van der Waals surface area contributed by atoms with Crippen molar-refractivity contribution in [3.8, 4) is 5.75 Å². The molecule has 0 bridgehead atoms. The highest BCUT2D eigenvalue weighted by Crippen LogP contribution is 2.25. The first kappa shape index (κ1) is 20.8. The Kier molecular flexibility index (Phi) is 6.46. The van der Waals surface area contributed by atoms with Crippen molar-refractivity contribution in [3.05, 3.63) is 101 Å². The third-order valence-electron chi connectivity index (χ3n) is 5.43. The Hall–Kier alpha value is -3.41. The highest BCUT2D eigenvalue weighted by molar-refractivity contribution is 6.00. The Labute approximate surface area is 181 Å². The minimum atomic E-state index is -0.490. The van der Waals surface area contributed by atoms with Crippen LogP contribution in [0.25, 0.3) is 10.9 Å². The smallest absolute Gasteiger partial charge is 0.188 e. The van der Waals surface area contributed by atoms with Gasteiger partial charge in [0.25, 0.3) is 0 Å². The van der Waals surface area contributed by atoms with E-state index in [2.05, 4.69) is 28.2 Å². The van der Waals surface area contributed by atoms with Crippen LogP contribution in [0.15, 0.2) is 79.0 Å². The number of aliphatic hydroxyl groups excluding tert-OH is 1. The van der Waals surface area contributed by atoms with Crippen molar-refractivity contribution in [1.82, 2.24) is 9.88 Å². The lowest BCUT2D eigenvalue weighted by Gasteiger charge is -2.08. The lowest BCUT2D eigenvalue weighted by molar-refractivity contribution is 0.0904. The maximum absolute atomic E-state index is 12.0. The number of methoxy groups -OCH3 is 1. The van der Waals surface area contributed by atoms with Gasteiger partial charge < -0.3 is 19.7 Å². The average Bonchev–Trinajstić information content (AvgIpc) is 3.16. The molecule has 0 radical (unpaired) electrons. The number of carbonyl (C=O) groups excluding carboxylic acids is 1. The molecule has 4 aromatic rings. The van der Waals surface area contributed by atoms with Crippen molar-refractivity contribution in [2.75, 3.05) is 13.7 Å². The molecule has 0 spiro atoms. The number of nitrogens with zero attached hydrogens (tertiary/aromatic N) is 1. The summed E-state index contributed by atoms with van der Waals surface area (Å²) in [6.07, 6.45) is 2.14. The highest BCUT2D eigenvalue weighted by Gasteiger charge is 2.13. The number of benzene rings is 3. The van der Waals surface area contributed by atoms with E-state index < -0.39 is 6.61 Å². The molecule has 0 aliphatic carbocycles. The molecule has 0 aliphatic heterocycles. The molecule has 158 valence electrons. The van der Waals surface area contributed by atoms with Gasteiger partial charge in [-0.05, 0) is 34.9 Å². The van der Waals surface area contributed by atoms with Crippen LogP contribution in [0.3, 0.4) is 0 Å². The molecule has 4 rings (SSSR count). The molecular weight excluding hydrogens is 388 g/mol. The molecule has 0 aliphatic rings. The van der Waals surface area contributed by atoms with Gasteiger partial charge in [0.1, 0.15) is 12.4 Å². The zero-order chi connectivity index (χ0) is 21.6. The predicted molar refractivity (Wildman–Crippen MR) is 122 cm³/mol. The van der Waals surface area contributed by atoms with E-state index in [1.54, 1.807) is 13.2 Å². The van der Waals surface area contributed by atoms with E-state index in [1.165, 1.54) is 11.1 Å². The van der Waals surface area contributed by atoms with Crippen LogP contribution in [-0.4, -0.2) is 29.2 Å². The molecule has 0 fully saturated rings. The standard InChI is InChI=1S/C26H26N2O3/c1-31-23-10-7-20(8-11-23)16-28-17-22(15-27-14-19-5-3-2-4-6-19)24-12-9-21(13-25(24)28)26(30)18-29/h2-13,17,27,29H,14-16,18H2,1H3. The number of carbonyl (C=O) groups is 1. The monoisotopic (exact) mass is 414 g/mol. The van der Waals surface area contributed by atoms with Gasteiger partial charge in [0.2, 0.25) is 0 Å². The van der Waals surface area contributed by atoms with E-state index in [1.807, 2.05) is 54.6 Å². The molecule has 31 heavy (non-hydrogen) atoms. The highest BCUT2D eigenvalue weighted by atomic mass is 16.5. The van der Waals surface area contributed by atoms with E-state index >= 15 is 0 Å². The van der Waals surface area contributed by atoms with Crippen LogP contribution in [0.1, 0.15) is 27.0 Å². The van der Waals surface area contributed by atoms with Gasteiger partial charge in [-0.2, -0.15) is 0 Å². The first-order chi connectivity index (χ1) is 15.2. The van der Waals surface area contributed by atoms with Crippen molar-refractivity contribution in [2.45, 2.75) is 19.6 Å². The lowest BCUT2D eigenvalue weighted by Crippen LogP contribution is -2.12. The van der Waals surface area contributed by atoms with Gasteiger partial charge >= 0.3 is 0 Å².